The van der Waals surface area contributed by atoms with Gasteiger partial charge in [-0.25, -0.2) is 8.42 Å². The molecule has 0 saturated heterocycles. The summed E-state index contributed by atoms with van der Waals surface area (Å²) in [6.07, 6.45) is 5.63. The minimum Gasteiger partial charge on any atom is -0.324 e. The molecule has 0 heterocycles. The van der Waals surface area contributed by atoms with Gasteiger partial charge in [0.2, 0.25) is 15.9 Å². The van der Waals surface area contributed by atoms with E-state index in [2.05, 4.69) is 10.0 Å². The van der Waals surface area contributed by atoms with Crippen molar-refractivity contribution in [3.8, 4) is 0 Å². The van der Waals surface area contributed by atoms with Gasteiger partial charge in [-0.1, -0.05) is 18.6 Å². The average Bonchev–Trinajstić information content (AvgIpc) is 3.01. The van der Waals surface area contributed by atoms with Crippen molar-refractivity contribution >= 4 is 27.3 Å². The Hall–Kier alpha value is -1.56. The Morgan fingerprint density at radius 2 is 1.86 bits per heavy atom. The van der Waals surface area contributed by atoms with Crippen molar-refractivity contribution in [3.63, 3.8) is 0 Å². The molecule has 3 atom stereocenters. The molecule has 6 heteroatoms. The van der Waals surface area contributed by atoms with Gasteiger partial charge in [0.1, 0.15) is 0 Å². The molecule has 2 bridgehead atoms. The largest absolute Gasteiger partial charge is 0.324 e. The second kappa shape index (κ2) is 5.33. The molecule has 1 amide bonds. The Kier molecular flexibility index (Phi) is 3.65. The third-order valence-corrected chi connectivity index (χ3v) is 5.15. The van der Waals surface area contributed by atoms with Crippen LogP contribution in [-0.4, -0.2) is 20.6 Å². The first kappa shape index (κ1) is 14.4. The zero-order valence-corrected chi connectivity index (χ0v) is 12.8. The lowest BCUT2D eigenvalue weighted by Gasteiger charge is -2.21. The van der Waals surface area contributed by atoms with Gasteiger partial charge >= 0.3 is 0 Å². The molecule has 114 valence electrons. The minimum absolute atomic E-state index is 0.0185. The van der Waals surface area contributed by atoms with Crippen molar-refractivity contribution in [1.82, 2.24) is 0 Å². The molecule has 2 saturated carbocycles. The number of benzene rings is 1. The molecular weight excluding hydrogens is 288 g/mol. The molecule has 0 radical (unpaired) electrons. The lowest BCUT2D eigenvalue weighted by molar-refractivity contribution is -0.121. The smallest absolute Gasteiger partial charge is 0.229 e. The van der Waals surface area contributed by atoms with Crippen molar-refractivity contribution < 1.29 is 13.2 Å². The number of nitrogens with one attached hydrogen (secondary N) is 2. The van der Waals surface area contributed by atoms with Gasteiger partial charge in [0.25, 0.3) is 0 Å². The normalized spacial score (nSPS) is 27.6. The van der Waals surface area contributed by atoms with Gasteiger partial charge in [-0.05, 0) is 43.2 Å². The maximum Gasteiger partial charge on any atom is 0.229 e. The maximum atomic E-state index is 12.4. The fourth-order valence-corrected chi connectivity index (χ4v) is 4.25. The molecule has 2 aliphatic carbocycles. The molecule has 2 aliphatic rings. The summed E-state index contributed by atoms with van der Waals surface area (Å²) < 4.78 is 25.2. The summed E-state index contributed by atoms with van der Waals surface area (Å²) in [5.41, 5.74) is 0.937. The molecule has 21 heavy (non-hydrogen) atoms. The summed E-state index contributed by atoms with van der Waals surface area (Å²) >= 11 is 0. The summed E-state index contributed by atoms with van der Waals surface area (Å²) in [5.74, 6) is 1.31. The van der Waals surface area contributed by atoms with Crippen LogP contribution in [0.4, 0.5) is 11.4 Å². The molecule has 3 rings (SSSR count). The summed E-state index contributed by atoms with van der Waals surface area (Å²) in [6.45, 7) is 0. The number of hydrogen-bond acceptors (Lipinski definition) is 3. The number of para-hydroxylation sites is 2. The van der Waals surface area contributed by atoms with Gasteiger partial charge in [-0.3, -0.25) is 9.52 Å². The molecule has 0 aliphatic heterocycles. The van der Waals surface area contributed by atoms with E-state index in [1.54, 1.807) is 24.3 Å². The average molecular weight is 308 g/mol. The molecule has 0 aromatic heterocycles. The lowest BCUT2D eigenvalue weighted by atomic mass is 9.88. The maximum absolute atomic E-state index is 12.4. The third kappa shape index (κ3) is 3.20. The van der Waals surface area contributed by atoms with Gasteiger partial charge in [0.05, 0.1) is 17.6 Å². The highest BCUT2D eigenvalue weighted by atomic mass is 32.2. The van der Waals surface area contributed by atoms with Gasteiger partial charge in [-0.15, -0.1) is 0 Å². The molecule has 2 N–H and O–H groups in total. The Morgan fingerprint density at radius 3 is 2.43 bits per heavy atom. The van der Waals surface area contributed by atoms with Gasteiger partial charge in [0.15, 0.2) is 0 Å². The van der Waals surface area contributed by atoms with Crippen LogP contribution >= 0.6 is 0 Å². The van der Waals surface area contributed by atoms with Crippen LogP contribution in [0.2, 0.25) is 0 Å². The SMILES string of the molecule is CS(=O)(=O)Nc1ccccc1NC(=O)C1CC2CCC1C2. The van der Waals surface area contributed by atoms with Crippen molar-refractivity contribution in [2.24, 2.45) is 17.8 Å². The number of carbonyl (C=O) groups excluding carboxylic acids is 1. The molecule has 1 aromatic carbocycles. The Bertz CT molecular complexity index is 657. The number of sulfonamides is 1. The Morgan fingerprint density at radius 1 is 1.14 bits per heavy atom. The lowest BCUT2D eigenvalue weighted by Crippen LogP contribution is -2.27. The van der Waals surface area contributed by atoms with Crippen molar-refractivity contribution in [2.45, 2.75) is 25.7 Å². The zero-order valence-electron chi connectivity index (χ0n) is 12.0. The molecule has 3 unspecified atom stereocenters. The third-order valence-electron chi connectivity index (χ3n) is 4.56. The van der Waals surface area contributed by atoms with E-state index in [1.165, 1.54) is 12.8 Å². The van der Waals surface area contributed by atoms with E-state index in [-0.39, 0.29) is 11.8 Å². The quantitative estimate of drug-likeness (QED) is 0.897. The first-order valence-corrected chi connectivity index (χ1v) is 9.19. The number of carbonyl (C=O) groups is 1. The molecule has 1 aromatic rings. The summed E-state index contributed by atoms with van der Waals surface area (Å²) in [4.78, 5) is 12.4. The number of hydrogen-bond donors (Lipinski definition) is 2. The highest BCUT2D eigenvalue weighted by Gasteiger charge is 2.43. The molecule has 0 spiro atoms. The highest BCUT2D eigenvalue weighted by Crippen LogP contribution is 2.48. The van der Waals surface area contributed by atoms with Crippen LogP contribution in [0.5, 0.6) is 0 Å². The van der Waals surface area contributed by atoms with E-state index in [4.69, 9.17) is 0 Å². The molecular formula is C15H20N2O3S. The van der Waals surface area contributed by atoms with E-state index >= 15 is 0 Å². The van der Waals surface area contributed by atoms with Crippen LogP contribution in [0.1, 0.15) is 25.7 Å². The fourth-order valence-electron chi connectivity index (χ4n) is 3.67. The van der Waals surface area contributed by atoms with E-state index in [0.29, 0.717) is 23.2 Å². The van der Waals surface area contributed by atoms with Gasteiger partial charge in [-0.2, -0.15) is 0 Å². The van der Waals surface area contributed by atoms with Crippen molar-refractivity contribution in [3.05, 3.63) is 24.3 Å². The predicted molar refractivity (Wildman–Crippen MR) is 82.5 cm³/mol. The summed E-state index contributed by atoms with van der Waals surface area (Å²) in [7, 11) is -3.36. The molecule has 5 nitrogen and oxygen atoms in total. The van der Waals surface area contributed by atoms with Crippen LogP contribution in [0.25, 0.3) is 0 Å². The summed E-state index contributed by atoms with van der Waals surface area (Å²) in [5, 5.41) is 2.89. The standard InChI is InChI=1S/C15H20N2O3S/c1-21(19,20)17-14-5-3-2-4-13(14)16-15(18)12-9-10-6-7-11(12)8-10/h2-5,10-12,17H,6-9H2,1H3,(H,16,18). The van der Waals surface area contributed by atoms with Gasteiger partial charge in [0, 0.05) is 5.92 Å². The number of rotatable bonds is 4. The summed E-state index contributed by atoms with van der Waals surface area (Å²) in [6, 6.07) is 6.89. The van der Waals surface area contributed by atoms with Gasteiger partial charge < -0.3 is 5.32 Å². The van der Waals surface area contributed by atoms with E-state index in [9.17, 15) is 13.2 Å². The Labute approximate surface area is 125 Å². The van der Waals surface area contributed by atoms with Crippen LogP contribution < -0.4 is 10.0 Å². The van der Waals surface area contributed by atoms with Crippen LogP contribution in [0.15, 0.2) is 24.3 Å². The number of fused-ring (bicyclic) bond motifs is 2. The fraction of sp³-hybridized carbons (Fsp3) is 0.533. The van der Waals surface area contributed by atoms with E-state index < -0.39 is 10.0 Å². The Balaban J connectivity index is 1.74. The predicted octanol–water partition coefficient (Wildman–Crippen LogP) is 2.43. The van der Waals surface area contributed by atoms with Crippen LogP contribution in [0.3, 0.4) is 0 Å². The highest BCUT2D eigenvalue weighted by molar-refractivity contribution is 7.92. The monoisotopic (exact) mass is 308 g/mol. The molecule has 2 fully saturated rings. The van der Waals surface area contributed by atoms with E-state index in [0.717, 1.165) is 19.1 Å². The van der Waals surface area contributed by atoms with E-state index in [1.807, 2.05) is 0 Å². The first-order chi connectivity index (χ1) is 9.92. The minimum atomic E-state index is -3.36. The van der Waals surface area contributed by atoms with Crippen LogP contribution in [0, 0.1) is 17.8 Å². The number of amides is 1. The topological polar surface area (TPSA) is 75.3 Å². The zero-order chi connectivity index (χ0) is 15.0. The number of anilines is 2. The second-order valence-electron chi connectivity index (χ2n) is 6.19. The second-order valence-corrected chi connectivity index (χ2v) is 7.94. The van der Waals surface area contributed by atoms with Crippen molar-refractivity contribution in [2.75, 3.05) is 16.3 Å². The van der Waals surface area contributed by atoms with Crippen LogP contribution in [-0.2, 0) is 14.8 Å². The first-order valence-electron chi connectivity index (χ1n) is 7.30. The van der Waals surface area contributed by atoms with Crippen molar-refractivity contribution in [1.29, 1.82) is 0 Å².